The van der Waals surface area contributed by atoms with Gasteiger partial charge in [-0.05, 0) is 70.5 Å². The molecule has 7 aromatic rings. The fraction of sp³-hybridized carbons (Fsp3) is 0.189. The molecule has 306 valence electrons. The molecule has 8 heteroatoms. The van der Waals surface area contributed by atoms with Crippen LogP contribution in [-0.2, 0) is 35.5 Å². The number of carbonyl (C=O) groups excluding carboxylic acids is 1. The molecule has 0 bridgehead atoms. The Kier molecular flexibility index (Phi) is 12.2. The van der Waals surface area contributed by atoms with Crippen molar-refractivity contribution >= 4 is 6.47 Å². The first-order valence-corrected chi connectivity index (χ1v) is 20.7. The Hall–Kier alpha value is -6.71. The van der Waals surface area contributed by atoms with Crippen molar-refractivity contribution in [2.24, 2.45) is 0 Å². The molecule has 0 saturated carbocycles. The topological polar surface area (TPSA) is 69.7 Å². The van der Waals surface area contributed by atoms with E-state index < -0.39 is 0 Å². The molecule has 61 heavy (non-hydrogen) atoms. The van der Waals surface area contributed by atoms with Crippen LogP contribution in [0, 0.1) is 0 Å². The lowest BCUT2D eigenvalue weighted by molar-refractivity contribution is -0.120. The average molecular weight is 809 g/mol. The summed E-state index contributed by atoms with van der Waals surface area (Å²) < 4.78 is 29.5. The monoisotopic (exact) mass is 808 g/mol. The number of para-hydroxylation sites is 4. The van der Waals surface area contributed by atoms with Gasteiger partial charge in [-0.1, -0.05) is 146 Å². The van der Waals surface area contributed by atoms with E-state index in [9.17, 15) is 4.79 Å². The molecule has 2 aliphatic heterocycles. The molecule has 0 saturated heterocycles. The standard InChI is InChI=1S/C53H48N2O6/c1-57-37-61-51-26-11-7-22-45(51)43-20-5-3-18-41(43)31-49-47-24-9-13-28-53(47)59-35-55(49)33-39-16-14-15-38(29-39)32-54-34-58-52-27-12-8-23-46(52)48(54)30-40-17-2-4-19-42(40)44-21-6-10-25-50(44)60-36-56/h2-29,36,48-49H,30-35,37H2,1H3. The summed E-state index contributed by atoms with van der Waals surface area (Å²) in [6, 6.07) is 58.6. The Labute approximate surface area is 357 Å². The highest BCUT2D eigenvalue weighted by Crippen LogP contribution is 2.42. The molecule has 8 nitrogen and oxygen atoms in total. The minimum atomic E-state index is 0.0374. The zero-order valence-electron chi connectivity index (χ0n) is 34.2. The second-order valence-corrected chi connectivity index (χ2v) is 15.4. The lowest BCUT2D eigenvalue weighted by Crippen LogP contribution is -2.38. The van der Waals surface area contributed by atoms with E-state index in [0.717, 1.165) is 63.5 Å². The first kappa shape index (κ1) is 39.7. The number of hydrogen-bond acceptors (Lipinski definition) is 8. The van der Waals surface area contributed by atoms with Crippen molar-refractivity contribution in [2.75, 3.05) is 27.4 Å². The fourth-order valence-corrected chi connectivity index (χ4v) is 8.86. The summed E-state index contributed by atoms with van der Waals surface area (Å²) in [6.07, 6.45) is 1.52. The number of fused-ring (bicyclic) bond motifs is 2. The molecule has 9 rings (SSSR count). The largest absolute Gasteiger partial charge is 0.478 e. The molecule has 2 aliphatic rings. The number of carbonyl (C=O) groups is 1. The van der Waals surface area contributed by atoms with Crippen LogP contribution in [0.4, 0.5) is 0 Å². The van der Waals surface area contributed by atoms with Crippen LogP contribution < -0.4 is 18.9 Å². The molecule has 7 aromatic carbocycles. The van der Waals surface area contributed by atoms with Crippen molar-refractivity contribution < 1.29 is 28.5 Å². The van der Waals surface area contributed by atoms with E-state index >= 15 is 0 Å². The Morgan fingerprint density at radius 1 is 0.541 bits per heavy atom. The predicted molar refractivity (Wildman–Crippen MR) is 237 cm³/mol. The normalized spacial score (nSPS) is 16.1. The number of methoxy groups -OCH3 is 1. The Morgan fingerprint density at radius 2 is 1.00 bits per heavy atom. The van der Waals surface area contributed by atoms with Gasteiger partial charge < -0.3 is 23.7 Å². The molecule has 0 N–H and O–H groups in total. The van der Waals surface area contributed by atoms with Crippen LogP contribution in [-0.4, -0.2) is 43.6 Å². The zero-order chi connectivity index (χ0) is 41.4. The highest BCUT2D eigenvalue weighted by molar-refractivity contribution is 5.75. The van der Waals surface area contributed by atoms with E-state index in [0.29, 0.717) is 38.8 Å². The van der Waals surface area contributed by atoms with Crippen LogP contribution >= 0.6 is 0 Å². The van der Waals surface area contributed by atoms with Crippen molar-refractivity contribution in [3.05, 3.63) is 203 Å². The van der Waals surface area contributed by atoms with Gasteiger partial charge in [-0.3, -0.25) is 14.6 Å². The second kappa shape index (κ2) is 18.7. The van der Waals surface area contributed by atoms with E-state index in [4.69, 9.17) is 23.7 Å². The van der Waals surface area contributed by atoms with Gasteiger partial charge in [-0.2, -0.15) is 0 Å². The number of rotatable bonds is 15. The molecule has 0 spiro atoms. The van der Waals surface area contributed by atoms with Crippen LogP contribution in [0.15, 0.2) is 170 Å². The first-order valence-electron chi connectivity index (χ1n) is 20.7. The van der Waals surface area contributed by atoms with E-state index in [1.54, 1.807) is 7.11 Å². The van der Waals surface area contributed by atoms with E-state index in [1.165, 1.54) is 22.3 Å². The molecule has 2 unspecified atom stereocenters. The van der Waals surface area contributed by atoms with Crippen LogP contribution in [0.25, 0.3) is 22.3 Å². The Balaban J connectivity index is 0.990. The molecule has 2 heterocycles. The third-order valence-corrected chi connectivity index (χ3v) is 11.7. The van der Waals surface area contributed by atoms with Gasteiger partial charge in [-0.25, -0.2) is 0 Å². The van der Waals surface area contributed by atoms with Gasteiger partial charge >= 0.3 is 0 Å². The van der Waals surface area contributed by atoms with Gasteiger partial charge in [0.15, 0.2) is 6.79 Å². The van der Waals surface area contributed by atoms with Gasteiger partial charge in [-0.15, -0.1) is 0 Å². The van der Waals surface area contributed by atoms with Gasteiger partial charge in [0.05, 0.1) is 0 Å². The first-order chi connectivity index (χ1) is 30.2. The third-order valence-electron chi connectivity index (χ3n) is 11.7. The molecule has 0 aliphatic carbocycles. The highest BCUT2D eigenvalue weighted by atomic mass is 16.7. The maximum absolute atomic E-state index is 11.4. The van der Waals surface area contributed by atoms with Crippen molar-refractivity contribution in [2.45, 2.75) is 38.0 Å². The minimum Gasteiger partial charge on any atom is -0.478 e. The Bertz CT molecular complexity index is 2610. The second-order valence-electron chi connectivity index (χ2n) is 15.4. The number of ether oxygens (including phenoxy) is 5. The van der Waals surface area contributed by atoms with Crippen molar-refractivity contribution in [1.29, 1.82) is 0 Å². The van der Waals surface area contributed by atoms with Crippen LogP contribution in [0.3, 0.4) is 0 Å². The number of hydrogen-bond donors (Lipinski definition) is 0. The molecule has 0 amide bonds. The smallest absolute Gasteiger partial charge is 0.298 e. The van der Waals surface area contributed by atoms with Gasteiger partial charge in [0.1, 0.15) is 36.5 Å². The summed E-state index contributed by atoms with van der Waals surface area (Å²) >= 11 is 0. The van der Waals surface area contributed by atoms with E-state index in [-0.39, 0.29) is 18.9 Å². The minimum absolute atomic E-state index is 0.0374. The Morgan fingerprint density at radius 3 is 1.54 bits per heavy atom. The number of benzene rings is 7. The summed E-state index contributed by atoms with van der Waals surface area (Å²) in [7, 11) is 1.64. The summed E-state index contributed by atoms with van der Waals surface area (Å²) in [5, 5.41) is 0. The van der Waals surface area contributed by atoms with E-state index in [1.807, 2.05) is 54.6 Å². The summed E-state index contributed by atoms with van der Waals surface area (Å²) in [4.78, 5) is 16.3. The molecule has 0 aromatic heterocycles. The third kappa shape index (κ3) is 8.79. The quantitative estimate of drug-likeness (QED) is 0.0749. The maximum atomic E-state index is 11.4. The van der Waals surface area contributed by atoms with Crippen LogP contribution in [0.2, 0.25) is 0 Å². The predicted octanol–water partition coefficient (Wildman–Crippen LogP) is 10.8. The SMILES string of the molecule is COCOc1ccccc1-c1ccccc1CC1c2ccccc2OCN1Cc1cccc(CN2COc3ccccc3C2Cc2ccccc2-c2ccccc2OC=O)c1. The molecular weight excluding hydrogens is 761 g/mol. The number of nitrogens with zero attached hydrogens (tertiary/aromatic N) is 2. The van der Waals surface area contributed by atoms with Gasteiger partial charge in [0.25, 0.3) is 6.47 Å². The van der Waals surface area contributed by atoms with Crippen molar-refractivity contribution in [1.82, 2.24) is 9.80 Å². The van der Waals surface area contributed by atoms with Crippen molar-refractivity contribution in [3.63, 3.8) is 0 Å². The lowest BCUT2D eigenvalue weighted by Gasteiger charge is -2.38. The maximum Gasteiger partial charge on any atom is 0.298 e. The highest BCUT2D eigenvalue weighted by Gasteiger charge is 2.32. The van der Waals surface area contributed by atoms with Crippen LogP contribution in [0.5, 0.6) is 23.0 Å². The lowest BCUT2D eigenvalue weighted by atomic mass is 9.90. The fourth-order valence-electron chi connectivity index (χ4n) is 8.86. The average Bonchev–Trinajstić information content (AvgIpc) is 3.31. The summed E-state index contributed by atoms with van der Waals surface area (Å²) in [6.45, 7) is 3.00. The molecular formula is C53H48N2O6. The summed E-state index contributed by atoms with van der Waals surface area (Å²) in [5.41, 5.74) is 11.2. The molecule has 0 radical (unpaired) electrons. The zero-order valence-corrected chi connectivity index (χ0v) is 34.2. The van der Waals surface area contributed by atoms with Crippen molar-refractivity contribution in [3.8, 4) is 45.3 Å². The molecule has 2 atom stereocenters. The van der Waals surface area contributed by atoms with Gasteiger partial charge in [0, 0.05) is 54.5 Å². The van der Waals surface area contributed by atoms with Crippen LogP contribution in [0.1, 0.15) is 45.5 Å². The van der Waals surface area contributed by atoms with Gasteiger partial charge in [0.2, 0.25) is 0 Å². The van der Waals surface area contributed by atoms with E-state index in [2.05, 4.69) is 125 Å². The summed E-state index contributed by atoms with van der Waals surface area (Å²) in [5.74, 6) is 3.17. The molecule has 0 fully saturated rings.